The highest BCUT2D eigenvalue weighted by Crippen LogP contribution is 2.28. The summed E-state index contributed by atoms with van der Waals surface area (Å²) in [5, 5.41) is 14.1. The number of nitrogens with zero attached hydrogens (tertiary/aromatic N) is 2. The fraction of sp³-hybridized carbons (Fsp3) is 0.273. The van der Waals surface area contributed by atoms with Crippen LogP contribution in [0.4, 0.5) is 5.69 Å². The number of amides is 2. The van der Waals surface area contributed by atoms with Crippen LogP contribution in [-0.4, -0.2) is 42.2 Å². The van der Waals surface area contributed by atoms with Gasteiger partial charge in [0.15, 0.2) is 16.7 Å². The number of benzene rings is 2. The van der Waals surface area contributed by atoms with Crippen molar-refractivity contribution in [2.24, 2.45) is 10.2 Å². The average molecular weight is 475 g/mol. The fourth-order valence-electron chi connectivity index (χ4n) is 2.88. The van der Waals surface area contributed by atoms with Gasteiger partial charge in [0.05, 0.1) is 19.9 Å². The Morgan fingerprint density at radius 3 is 2.62 bits per heavy atom. The van der Waals surface area contributed by atoms with Gasteiger partial charge in [-0.05, 0) is 49.7 Å². The second-order valence-electron chi connectivity index (χ2n) is 6.97. The molecule has 2 N–H and O–H groups in total. The van der Waals surface area contributed by atoms with Gasteiger partial charge in [0.2, 0.25) is 11.8 Å². The van der Waals surface area contributed by atoms with E-state index in [1.807, 2.05) is 19.1 Å². The van der Waals surface area contributed by atoms with Crippen molar-refractivity contribution in [2.75, 3.05) is 19.5 Å². The van der Waals surface area contributed by atoms with E-state index in [1.54, 1.807) is 45.4 Å². The van der Waals surface area contributed by atoms with Gasteiger partial charge in [-0.25, -0.2) is 0 Å². The minimum atomic E-state index is -0.591. The van der Waals surface area contributed by atoms with E-state index in [4.69, 9.17) is 21.1 Å². The Morgan fingerprint density at radius 1 is 1.19 bits per heavy atom. The van der Waals surface area contributed by atoms with Crippen molar-refractivity contribution in [3.63, 3.8) is 0 Å². The number of thioether (sulfide) groups is 1. The molecule has 0 bridgehead atoms. The lowest BCUT2D eigenvalue weighted by atomic mass is 10.1. The Kier molecular flexibility index (Phi) is 7.76. The van der Waals surface area contributed by atoms with E-state index in [9.17, 15) is 9.59 Å². The maximum absolute atomic E-state index is 12.3. The summed E-state index contributed by atoms with van der Waals surface area (Å²) in [4.78, 5) is 24.6. The van der Waals surface area contributed by atoms with Crippen molar-refractivity contribution < 1.29 is 19.1 Å². The molecular weight excluding hydrogens is 452 g/mol. The Hall–Kier alpha value is -3.04. The van der Waals surface area contributed by atoms with E-state index in [-0.39, 0.29) is 18.2 Å². The standard InChI is InChI=1S/C22H23ClN4O4S/c1-12-5-7-15(10-16(12)23)24-20(28)11-19-21(29)25-22(32-19)27-26-13(2)14-6-8-17(30-3)18(9-14)31-4/h5-10,19H,11H2,1-4H3,(H,24,28)(H,25,27,29)/t19-/m0/s1. The molecule has 10 heteroatoms. The van der Waals surface area contributed by atoms with Crippen molar-refractivity contribution >= 4 is 51.7 Å². The van der Waals surface area contributed by atoms with E-state index in [2.05, 4.69) is 20.8 Å². The van der Waals surface area contributed by atoms with Crippen LogP contribution in [0.3, 0.4) is 0 Å². The highest BCUT2D eigenvalue weighted by molar-refractivity contribution is 8.15. The zero-order chi connectivity index (χ0) is 23.3. The number of anilines is 1. The predicted molar refractivity (Wildman–Crippen MR) is 128 cm³/mol. The van der Waals surface area contributed by atoms with Gasteiger partial charge in [-0.2, -0.15) is 5.10 Å². The van der Waals surface area contributed by atoms with E-state index in [1.165, 1.54) is 0 Å². The Balaban J connectivity index is 1.63. The van der Waals surface area contributed by atoms with Crippen molar-refractivity contribution in [2.45, 2.75) is 25.5 Å². The number of amidine groups is 1. The quantitative estimate of drug-likeness (QED) is 0.466. The minimum Gasteiger partial charge on any atom is -0.493 e. The van der Waals surface area contributed by atoms with E-state index < -0.39 is 5.25 Å². The van der Waals surface area contributed by atoms with Gasteiger partial charge in [-0.15, -0.1) is 5.10 Å². The maximum Gasteiger partial charge on any atom is 0.240 e. The maximum atomic E-state index is 12.3. The van der Waals surface area contributed by atoms with Gasteiger partial charge in [-0.1, -0.05) is 29.4 Å². The van der Waals surface area contributed by atoms with Crippen molar-refractivity contribution in [1.82, 2.24) is 5.32 Å². The van der Waals surface area contributed by atoms with Crippen LogP contribution < -0.4 is 20.1 Å². The van der Waals surface area contributed by atoms with Crippen LogP contribution >= 0.6 is 23.4 Å². The highest BCUT2D eigenvalue weighted by atomic mass is 35.5. The third kappa shape index (κ3) is 5.80. The van der Waals surface area contributed by atoms with Crippen LogP contribution in [0.2, 0.25) is 5.02 Å². The molecular formula is C22H23ClN4O4S. The van der Waals surface area contributed by atoms with Crippen LogP contribution in [0.1, 0.15) is 24.5 Å². The number of ether oxygens (including phenoxy) is 2. The molecule has 0 radical (unpaired) electrons. The van der Waals surface area contributed by atoms with E-state index in [0.29, 0.717) is 33.1 Å². The van der Waals surface area contributed by atoms with Crippen LogP contribution in [0.15, 0.2) is 46.6 Å². The molecule has 2 aromatic rings. The Morgan fingerprint density at radius 2 is 1.94 bits per heavy atom. The Labute approximate surface area is 195 Å². The molecule has 32 heavy (non-hydrogen) atoms. The van der Waals surface area contributed by atoms with Crippen LogP contribution in [0, 0.1) is 6.92 Å². The smallest absolute Gasteiger partial charge is 0.240 e. The summed E-state index contributed by atoms with van der Waals surface area (Å²) < 4.78 is 10.5. The van der Waals surface area contributed by atoms with Crippen molar-refractivity contribution in [3.8, 4) is 11.5 Å². The zero-order valence-corrected chi connectivity index (χ0v) is 19.6. The van der Waals surface area contributed by atoms with Crippen LogP contribution in [0.25, 0.3) is 0 Å². The summed E-state index contributed by atoms with van der Waals surface area (Å²) in [6.45, 7) is 3.67. The molecule has 0 unspecified atom stereocenters. The molecule has 1 atom stereocenters. The predicted octanol–water partition coefficient (Wildman–Crippen LogP) is 4.01. The topological polar surface area (TPSA) is 101 Å². The summed E-state index contributed by atoms with van der Waals surface area (Å²) in [6.07, 6.45) is -0.000605. The monoisotopic (exact) mass is 474 g/mol. The molecule has 1 aliphatic heterocycles. The van der Waals surface area contributed by atoms with Crippen LogP contribution in [0.5, 0.6) is 11.5 Å². The molecule has 0 saturated carbocycles. The molecule has 0 aromatic heterocycles. The lowest BCUT2D eigenvalue weighted by Gasteiger charge is -2.09. The first-order chi connectivity index (χ1) is 15.3. The lowest BCUT2D eigenvalue weighted by molar-refractivity contribution is -0.122. The molecule has 3 rings (SSSR count). The first kappa shape index (κ1) is 23.6. The van der Waals surface area contributed by atoms with Gasteiger partial charge in [0.25, 0.3) is 0 Å². The number of halogens is 1. The fourth-order valence-corrected chi connectivity index (χ4v) is 3.98. The summed E-state index contributed by atoms with van der Waals surface area (Å²) in [7, 11) is 3.12. The lowest BCUT2D eigenvalue weighted by Crippen LogP contribution is -2.28. The van der Waals surface area contributed by atoms with E-state index in [0.717, 1.165) is 22.9 Å². The van der Waals surface area contributed by atoms with Crippen molar-refractivity contribution in [3.05, 3.63) is 52.5 Å². The third-order valence-electron chi connectivity index (χ3n) is 4.69. The van der Waals surface area contributed by atoms with Gasteiger partial charge in [-0.3, -0.25) is 9.59 Å². The summed E-state index contributed by atoms with van der Waals surface area (Å²) in [5.74, 6) is 0.619. The first-order valence-corrected chi connectivity index (χ1v) is 10.9. The number of methoxy groups -OCH3 is 2. The van der Waals surface area contributed by atoms with Gasteiger partial charge in [0, 0.05) is 22.7 Å². The number of aryl methyl sites for hydroxylation is 1. The molecule has 2 aromatic carbocycles. The number of carbonyl (C=O) groups is 2. The zero-order valence-electron chi connectivity index (χ0n) is 18.1. The first-order valence-electron chi connectivity index (χ1n) is 9.69. The molecule has 2 amide bonds. The number of rotatable bonds is 7. The summed E-state index contributed by atoms with van der Waals surface area (Å²) >= 11 is 7.25. The third-order valence-corrected chi connectivity index (χ3v) is 6.17. The second-order valence-corrected chi connectivity index (χ2v) is 8.57. The number of hydrogen-bond donors (Lipinski definition) is 2. The average Bonchev–Trinajstić information content (AvgIpc) is 3.12. The number of carbonyl (C=O) groups excluding carboxylic acids is 2. The van der Waals surface area contributed by atoms with Gasteiger partial charge < -0.3 is 20.1 Å². The van der Waals surface area contributed by atoms with E-state index >= 15 is 0 Å². The molecule has 1 fully saturated rings. The molecule has 0 spiro atoms. The minimum absolute atomic E-state index is 0.000605. The van der Waals surface area contributed by atoms with Gasteiger partial charge >= 0.3 is 0 Å². The summed E-state index contributed by atoms with van der Waals surface area (Å²) in [5.41, 5.74) is 2.93. The molecule has 8 nitrogen and oxygen atoms in total. The molecule has 1 aliphatic rings. The molecule has 0 aliphatic carbocycles. The number of hydrogen-bond acceptors (Lipinski definition) is 7. The molecule has 1 saturated heterocycles. The Bertz CT molecular complexity index is 1100. The van der Waals surface area contributed by atoms with Crippen molar-refractivity contribution in [1.29, 1.82) is 0 Å². The van der Waals surface area contributed by atoms with Crippen LogP contribution in [-0.2, 0) is 9.59 Å². The largest absolute Gasteiger partial charge is 0.493 e. The van der Waals surface area contributed by atoms with Gasteiger partial charge in [0.1, 0.15) is 5.25 Å². The molecule has 168 valence electrons. The highest BCUT2D eigenvalue weighted by Gasteiger charge is 2.32. The number of nitrogens with one attached hydrogen (secondary N) is 2. The SMILES string of the molecule is COc1ccc(C(C)=NN=C2NC(=O)[C@H](CC(=O)Nc3ccc(C)c(Cl)c3)S2)cc1OC. The summed E-state index contributed by atoms with van der Waals surface area (Å²) in [6, 6.07) is 10.7. The normalized spacial score (nSPS) is 17.3. The second kappa shape index (κ2) is 10.5. The molecule has 1 heterocycles.